The molecular weight excluding hydrogens is 539 g/mol. The Bertz CT molecular complexity index is 2130. The molecule has 43 heavy (non-hydrogen) atoms. The van der Waals surface area contributed by atoms with Crippen LogP contribution in [0.15, 0.2) is 114 Å². The van der Waals surface area contributed by atoms with Crippen molar-refractivity contribution < 1.29 is 13.6 Å². The molecule has 0 aliphatic rings. The maximum absolute atomic E-state index is 13.7. The normalized spacial score (nSPS) is 11.2. The van der Waals surface area contributed by atoms with Crippen LogP contribution in [0.2, 0.25) is 0 Å². The molecule has 0 saturated heterocycles. The zero-order valence-electron chi connectivity index (χ0n) is 23.5. The Labute approximate surface area is 247 Å². The molecule has 0 fully saturated rings. The Balaban J connectivity index is 1.42. The SMILES string of the molecule is CNC(=O)c1c(-c2ccc(F)cc2)oc2cc(NC)c(-c3cccc(-c4[nH]c5ccccc5c4-c4ccncc4)c3)cc12. The molecule has 4 aromatic carbocycles. The lowest BCUT2D eigenvalue weighted by Gasteiger charge is -2.12. The first-order chi connectivity index (χ1) is 21.1. The predicted molar refractivity (Wildman–Crippen MR) is 171 cm³/mol. The van der Waals surface area contributed by atoms with E-state index in [0.29, 0.717) is 27.9 Å². The molecule has 0 atom stereocenters. The van der Waals surface area contributed by atoms with Crippen LogP contribution < -0.4 is 10.6 Å². The summed E-state index contributed by atoms with van der Waals surface area (Å²) in [5, 5.41) is 7.84. The molecule has 7 rings (SSSR count). The fourth-order valence-electron chi connectivity index (χ4n) is 5.76. The molecule has 0 spiro atoms. The van der Waals surface area contributed by atoms with Crippen LogP contribution >= 0.6 is 0 Å². The van der Waals surface area contributed by atoms with Gasteiger partial charge >= 0.3 is 0 Å². The number of halogens is 1. The van der Waals surface area contributed by atoms with Crippen LogP contribution in [0.3, 0.4) is 0 Å². The average Bonchev–Trinajstić information content (AvgIpc) is 3.63. The summed E-state index contributed by atoms with van der Waals surface area (Å²) in [6.07, 6.45) is 3.61. The number of anilines is 1. The van der Waals surface area contributed by atoms with Crippen molar-refractivity contribution in [2.24, 2.45) is 0 Å². The van der Waals surface area contributed by atoms with Crippen LogP contribution in [0.1, 0.15) is 10.4 Å². The van der Waals surface area contributed by atoms with E-state index in [1.165, 1.54) is 12.1 Å². The van der Waals surface area contributed by atoms with Gasteiger partial charge in [-0.05, 0) is 71.3 Å². The van der Waals surface area contributed by atoms with Gasteiger partial charge in [0.05, 0.1) is 11.3 Å². The third-order valence-corrected chi connectivity index (χ3v) is 7.80. The van der Waals surface area contributed by atoms with Crippen LogP contribution in [-0.2, 0) is 0 Å². The van der Waals surface area contributed by atoms with Gasteiger partial charge in [0, 0.05) is 71.2 Å². The number of furan rings is 1. The van der Waals surface area contributed by atoms with E-state index in [4.69, 9.17) is 4.42 Å². The predicted octanol–water partition coefficient (Wildman–Crippen LogP) is 8.52. The number of para-hydroxylation sites is 1. The molecule has 6 nitrogen and oxygen atoms in total. The van der Waals surface area contributed by atoms with E-state index in [0.717, 1.165) is 50.1 Å². The number of benzene rings is 4. The number of fused-ring (bicyclic) bond motifs is 2. The van der Waals surface area contributed by atoms with E-state index in [-0.39, 0.29) is 11.7 Å². The number of carbonyl (C=O) groups excluding carboxylic acids is 1. The van der Waals surface area contributed by atoms with Gasteiger partial charge in [-0.1, -0.05) is 36.4 Å². The van der Waals surface area contributed by atoms with Crippen molar-refractivity contribution >= 4 is 33.5 Å². The summed E-state index contributed by atoms with van der Waals surface area (Å²) in [6, 6.07) is 30.5. The molecule has 3 aromatic heterocycles. The minimum absolute atomic E-state index is 0.282. The van der Waals surface area contributed by atoms with E-state index >= 15 is 0 Å². The number of hydrogen-bond acceptors (Lipinski definition) is 4. The van der Waals surface area contributed by atoms with Crippen LogP contribution in [0.4, 0.5) is 10.1 Å². The second kappa shape index (κ2) is 10.6. The van der Waals surface area contributed by atoms with Crippen molar-refractivity contribution in [3.8, 4) is 44.8 Å². The lowest BCUT2D eigenvalue weighted by atomic mass is 9.94. The van der Waals surface area contributed by atoms with Crippen molar-refractivity contribution in [3.63, 3.8) is 0 Å². The van der Waals surface area contributed by atoms with Crippen molar-refractivity contribution in [1.29, 1.82) is 0 Å². The van der Waals surface area contributed by atoms with Gasteiger partial charge in [-0.2, -0.15) is 0 Å². The van der Waals surface area contributed by atoms with Gasteiger partial charge < -0.3 is 20.0 Å². The summed E-state index contributed by atoms with van der Waals surface area (Å²) in [5.41, 5.74) is 9.57. The van der Waals surface area contributed by atoms with E-state index < -0.39 is 0 Å². The number of aromatic nitrogens is 2. The number of H-pyrrole nitrogens is 1. The van der Waals surface area contributed by atoms with Crippen molar-refractivity contribution in [3.05, 3.63) is 121 Å². The fraction of sp³-hybridized carbons (Fsp3) is 0.0556. The number of pyridine rings is 1. The Morgan fingerprint density at radius 3 is 2.33 bits per heavy atom. The Hall–Kier alpha value is -5.69. The first kappa shape index (κ1) is 26.2. The summed E-state index contributed by atoms with van der Waals surface area (Å²) in [6.45, 7) is 0. The molecule has 0 bridgehead atoms. The Kier molecular flexibility index (Phi) is 6.47. The maximum Gasteiger partial charge on any atom is 0.255 e. The van der Waals surface area contributed by atoms with Crippen LogP contribution in [0.25, 0.3) is 66.7 Å². The highest BCUT2D eigenvalue weighted by Gasteiger charge is 2.24. The number of nitrogens with one attached hydrogen (secondary N) is 3. The molecule has 0 aliphatic carbocycles. The van der Waals surface area contributed by atoms with Gasteiger partial charge in [0.15, 0.2) is 0 Å². The molecule has 3 heterocycles. The number of nitrogens with zero attached hydrogens (tertiary/aromatic N) is 1. The second-order valence-electron chi connectivity index (χ2n) is 10.3. The molecule has 210 valence electrons. The maximum atomic E-state index is 13.7. The van der Waals surface area contributed by atoms with Crippen molar-refractivity contribution in [1.82, 2.24) is 15.3 Å². The summed E-state index contributed by atoms with van der Waals surface area (Å²) in [5.74, 6) is -0.250. The quantitative estimate of drug-likeness (QED) is 0.188. The minimum Gasteiger partial charge on any atom is -0.455 e. The minimum atomic E-state index is -0.358. The molecule has 0 radical (unpaired) electrons. The summed E-state index contributed by atoms with van der Waals surface area (Å²) in [7, 11) is 3.44. The first-order valence-electron chi connectivity index (χ1n) is 13.9. The number of hydrogen-bond donors (Lipinski definition) is 3. The third kappa shape index (κ3) is 4.51. The van der Waals surface area contributed by atoms with Crippen molar-refractivity contribution in [2.45, 2.75) is 0 Å². The zero-order chi connectivity index (χ0) is 29.5. The van der Waals surface area contributed by atoms with Crippen LogP contribution in [0, 0.1) is 5.82 Å². The van der Waals surface area contributed by atoms with E-state index in [2.05, 4.69) is 50.9 Å². The van der Waals surface area contributed by atoms with Gasteiger partial charge in [-0.25, -0.2) is 4.39 Å². The fourth-order valence-corrected chi connectivity index (χ4v) is 5.76. The third-order valence-electron chi connectivity index (χ3n) is 7.80. The molecule has 3 N–H and O–H groups in total. The van der Waals surface area contributed by atoms with Gasteiger partial charge in [-0.3, -0.25) is 9.78 Å². The zero-order valence-corrected chi connectivity index (χ0v) is 23.5. The van der Waals surface area contributed by atoms with Gasteiger partial charge in [0.1, 0.15) is 17.2 Å². The van der Waals surface area contributed by atoms with Gasteiger partial charge in [0.2, 0.25) is 0 Å². The summed E-state index contributed by atoms with van der Waals surface area (Å²) in [4.78, 5) is 21.0. The summed E-state index contributed by atoms with van der Waals surface area (Å²) >= 11 is 0. The topological polar surface area (TPSA) is 83.0 Å². The smallest absolute Gasteiger partial charge is 0.255 e. The van der Waals surface area contributed by atoms with E-state index in [9.17, 15) is 9.18 Å². The molecule has 7 heteroatoms. The van der Waals surface area contributed by atoms with Gasteiger partial charge in [-0.15, -0.1) is 0 Å². The number of amides is 1. The number of aromatic amines is 1. The van der Waals surface area contributed by atoms with Crippen molar-refractivity contribution in [2.75, 3.05) is 19.4 Å². The second-order valence-corrected chi connectivity index (χ2v) is 10.3. The molecule has 0 unspecified atom stereocenters. The lowest BCUT2D eigenvalue weighted by molar-refractivity contribution is 0.0964. The van der Waals surface area contributed by atoms with Crippen LogP contribution in [-0.4, -0.2) is 30.0 Å². The Morgan fingerprint density at radius 1 is 0.791 bits per heavy atom. The summed E-state index contributed by atoms with van der Waals surface area (Å²) < 4.78 is 19.9. The highest BCUT2D eigenvalue weighted by atomic mass is 19.1. The van der Waals surface area contributed by atoms with E-state index in [1.54, 1.807) is 31.6 Å². The highest BCUT2D eigenvalue weighted by molar-refractivity contribution is 6.13. The molecule has 7 aromatic rings. The lowest BCUT2D eigenvalue weighted by Crippen LogP contribution is -2.18. The van der Waals surface area contributed by atoms with Crippen LogP contribution in [0.5, 0.6) is 0 Å². The molecular formula is C36H27FN4O2. The monoisotopic (exact) mass is 566 g/mol. The molecule has 1 amide bonds. The number of carbonyl (C=O) groups is 1. The number of rotatable bonds is 6. The largest absolute Gasteiger partial charge is 0.455 e. The van der Waals surface area contributed by atoms with E-state index in [1.807, 2.05) is 49.5 Å². The first-order valence-corrected chi connectivity index (χ1v) is 13.9. The average molecular weight is 567 g/mol. The van der Waals surface area contributed by atoms with Gasteiger partial charge in [0.25, 0.3) is 5.91 Å². The highest BCUT2D eigenvalue weighted by Crippen LogP contribution is 2.42. The molecule has 0 aliphatic heterocycles. The standard InChI is InChI=1S/C36H27FN4O2/c1-38-30-20-31-28(33(36(42)39-2)35(43-31)22-10-12-25(37)13-11-22)19-27(30)23-6-5-7-24(18-23)34-32(21-14-16-40-17-15-21)26-8-3-4-9-29(26)41-34/h3-20,38,41H,1-2H3,(H,39,42). The Morgan fingerprint density at radius 2 is 1.56 bits per heavy atom. The molecule has 0 saturated carbocycles.